The molecule has 6 heteroatoms. The molecule has 0 aliphatic carbocycles. The van der Waals surface area contributed by atoms with E-state index in [-0.39, 0.29) is 5.89 Å². The third-order valence-corrected chi connectivity index (χ3v) is 4.49. The van der Waals surface area contributed by atoms with Crippen molar-refractivity contribution in [2.75, 3.05) is 0 Å². The highest BCUT2D eigenvalue weighted by Crippen LogP contribution is 2.26. The third kappa shape index (κ3) is 3.17. The number of carbonyl (C=O) groups is 1. The lowest BCUT2D eigenvalue weighted by Gasteiger charge is -2.12. The molecule has 0 bridgehead atoms. The molecule has 0 aliphatic rings. The second-order valence-electron chi connectivity index (χ2n) is 5.22. The summed E-state index contributed by atoms with van der Waals surface area (Å²) in [5.74, 6) is 0.325. The average Bonchev–Trinajstić information content (AvgIpc) is 3.20. The summed E-state index contributed by atoms with van der Waals surface area (Å²) in [5.41, 5.74) is 2.51. The molecule has 0 aliphatic heterocycles. The molecule has 118 valence electrons. The maximum absolute atomic E-state index is 12.3. The van der Waals surface area contributed by atoms with Crippen molar-refractivity contribution in [1.82, 2.24) is 10.2 Å². The Balaban J connectivity index is 1.75. The van der Waals surface area contributed by atoms with Crippen LogP contribution in [0.3, 0.4) is 0 Å². The van der Waals surface area contributed by atoms with Gasteiger partial charge in [-0.2, -0.15) is 0 Å². The van der Waals surface area contributed by atoms with Gasteiger partial charge in [0.2, 0.25) is 0 Å². The fourth-order valence-corrected chi connectivity index (χ4v) is 2.79. The molecule has 3 aromatic rings. The van der Waals surface area contributed by atoms with Gasteiger partial charge >= 0.3 is 5.97 Å². The molecule has 23 heavy (non-hydrogen) atoms. The molecule has 1 aromatic carbocycles. The van der Waals surface area contributed by atoms with Crippen molar-refractivity contribution in [3.63, 3.8) is 0 Å². The van der Waals surface area contributed by atoms with E-state index >= 15 is 0 Å². The van der Waals surface area contributed by atoms with E-state index in [1.807, 2.05) is 43.5 Å². The topological polar surface area (TPSA) is 65.2 Å². The number of hydrogen-bond donors (Lipinski definition) is 0. The van der Waals surface area contributed by atoms with Crippen LogP contribution in [0.5, 0.6) is 0 Å². The molecule has 0 spiro atoms. The molecule has 2 heterocycles. The highest BCUT2D eigenvalue weighted by molar-refractivity contribution is 7.13. The van der Waals surface area contributed by atoms with E-state index in [0.29, 0.717) is 11.5 Å². The normalized spacial score (nSPS) is 12.1. The fraction of sp³-hybridized carbons (Fsp3) is 0.235. The fourth-order valence-electron chi connectivity index (χ4n) is 2.15. The summed E-state index contributed by atoms with van der Waals surface area (Å²) >= 11 is 1.51. The molecule has 0 amide bonds. The standard InChI is InChI=1S/C17H16N2O3S/c1-10-6-4-7-13(11(10)2)17(20)21-12(3)15-18-19-16(22-15)14-8-5-9-23-14/h4-9,12H,1-3H3/t12-/m0/s1. The number of nitrogens with zero attached hydrogens (tertiary/aromatic N) is 2. The molecule has 0 fully saturated rings. The molecule has 0 saturated carbocycles. The predicted molar refractivity (Wildman–Crippen MR) is 87.4 cm³/mol. The summed E-state index contributed by atoms with van der Waals surface area (Å²) in [4.78, 5) is 13.2. The van der Waals surface area contributed by atoms with Crippen LogP contribution in [0.25, 0.3) is 10.8 Å². The zero-order valence-electron chi connectivity index (χ0n) is 13.1. The van der Waals surface area contributed by atoms with Crippen LogP contribution in [-0.2, 0) is 4.74 Å². The Morgan fingerprint density at radius 1 is 1.22 bits per heavy atom. The molecule has 0 unspecified atom stereocenters. The quantitative estimate of drug-likeness (QED) is 0.667. The van der Waals surface area contributed by atoms with Crippen LogP contribution in [0.1, 0.15) is 40.4 Å². The first-order chi connectivity index (χ1) is 11.1. The highest BCUT2D eigenvalue weighted by atomic mass is 32.1. The molecule has 0 radical (unpaired) electrons. The molecule has 3 rings (SSSR count). The van der Waals surface area contributed by atoms with Crippen LogP contribution in [0.15, 0.2) is 40.1 Å². The smallest absolute Gasteiger partial charge is 0.339 e. The van der Waals surface area contributed by atoms with Gasteiger partial charge < -0.3 is 9.15 Å². The Morgan fingerprint density at radius 2 is 2.04 bits per heavy atom. The minimum atomic E-state index is -0.608. The molecular weight excluding hydrogens is 312 g/mol. The molecule has 0 N–H and O–H groups in total. The summed E-state index contributed by atoms with van der Waals surface area (Å²) in [6.45, 7) is 5.58. The van der Waals surface area contributed by atoms with Crippen molar-refractivity contribution in [1.29, 1.82) is 0 Å². The molecule has 0 saturated heterocycles. The second kappa shape index (κ2) is 6.34. The lowest BCUT2D eigenvalue weighted by molar-refractivity contribution is 0.0279. The van der Waals surface area contributed by atoms with E-state index in [9.17, 15) is 4.79 Å². The van der Waals surface area contributed by atoms with Gasteiger partial charge in [0, 0.05) is 0 Å². The Labute approximate surface area is 137 Å². The molecule has 1 atom stereocenters. The first-order valence-corrected chi connectivity index (χ1v) is 8.08. The number of thiophene rings is 1. The Morgan fingerprint density at radius 3 is 2.78 bits per heavy atom. The zero-order valence-corrected chi connectivity index (χ0v) is 13.9. The summed E-state index contributed by atoms with van der Waals surface area (Å²) in [5, 5.41) is 9.90. The van der Waals surface area contributed by atoms with Crippen molar-refractivity contribution >= 4 is 17.3 Å². The van der Waals surface area contributed by atoms with Crippen LogP contribution in [0.2, 0.25) is 0 Å². The van der Waals surface area contributed by atoms with Crippen molar-refractivity contribution in [2.24, 2.45) is 0 Å². The van der Waals surface area contributed by atoms with E-state index in [4.69, 9.17) is 9.15 Å². The van der Waals surface area contributed by atoms with Crippen molar-refractivity contribution < 1.29 is 13.9 Å². The van der Waals surface area contributed by atoms with Crippen molar-refractivity contribution in [3.8, 4) is 10.8 Å². The van der Waals surface area contributed by atoms with Crippen molar-refractivity contribution in [2.45, 2.75) is 26.9 Å². The van der Waals surface area contributed by atoms with E-state index in [1.54, 1.807) is 13.0 Å². The van der Waals surface area contributed by atoms with Gasteiger partial charge in [0.1, 0.15) is 0 Å². The minimum Gasteiger partial charge on any atom is -0.449 e. The van der Waals surface area contributed by atoms with Gasteiger partial charge in [-0.05, 0) is 49.4 Å². The van der Waals surface area contributed by atoms with Crippen LogP contribution < -0.4 is 0 Å². The van der Waals surface area contributed by atoms with Gasteiger partial charge in [-0.25, -0.2) is 4.79 Å². The number of aryl methyl sites for hydroxylation is 1. The van der Waals surface area contributed by atoms with E-state index in [2.05, 4.69) is 10.2 Å². The first-order valence-electron chi connectivity index (χ1n) is 7.20. The monoisotopic (exact) mass is 328 g/mol. The van der Waals surface area contributed by atoms with Gasteiger partial charge in [-0.15, -0.1) is 21.5 Å². The molecule has 2 aromatic heterocycles. The van der Waals surface area contributed by atoms with E-state index in [1.165, 1.54) is 11.3 Å². The zero-order chi connectivity index (χ0) is 16.4. The van der Waals surface area contributed by atoms with E-state index in [0.717, 1.165) is 16.0 Å². The average molecular weight is 328 g/mol. The largest absolute Gasteiger partial charge is 0.449 e. The Hall–Kier alpha value is -2.47. The number of hydrogen-bond acceptors (Lipinski definition) is 6. The van der Waals surface area contributed by atoms with Gasteiger partial charge in [0.25, 0.3) is 11.8 Å². The van der Waals surface area contributed by atoms with Gasteiger partial charge in [-0.3, -0.25) is 0 Å². The van der Waals surface area contributed by atoms with Crippen molar-refractivity contribution in [3.05, 3.63) is 58.3 Å². The van der Waals surface area contributed by atoms with Gasteiger partial charge in [0.15, 0.2) is 6.10 Å². The van der Waals surface area contributed by atoms with Crippen LogP contribution in [0.4, 0.5) is 0 Å². The van der Waals surface area contributed by atoms with Crippen LogP contribution >= 0.6 is 11.3 Å². The van der Waals surface area contributed by atoms with Crippen LogP contribution in [0, 0.1) is 13.8 Å². The molecular formula is C17H16N2O3S. The second-order valence-corrected chi connectivity index (χ2v) is 6.17. The maximum atomic E-state index is 12.3. The number of esters is 1. The number of benzene rings is 1. The number of rotatable bonds is 4. The number of aromatic nitrogens is 2. The molecule has 5 nitrogen and oxygen atoms in total. The highest BCUT2D eigenvalue weighted by Gasteiger charge is 2.21. The van der Waals surface area contributed by atoms with Gasteiger partial charge in [0.05, 0.1) is 10.4 Å². The summed E-state index contributed by atoms with van der Waals surface area (Å²) in [7, 11) is 0. The summed E-state index contributed by atoms with van der Waals surface area (Å²) < 4.78 is 11.0. The Bertz CT molecular complexity index is 824. The van der Waals surface area contributed by atoms with Crippen LogP contribution in [-0.4, -0.2) is 16.2 Å². The first kappa shape index (κ1) is 15.4. The number of carbonyl (C=O) groups excluding carboxylic acids is 1. The SMILES string of the molecule is Cc1cccc(C(=O)O[C@@H](C)c2nnc(-c3cccs3)o2)c1C. The maximum Gasteiger partial charge on any atom is 0.339 e. The number of ether oxygens (including phenoxy) is 1. The lowest BCUT2D eigenvalue weighted by Crippen LogP contribution is -2.11. The third-order valence-electron chi connectivity index (χ3n) is 3.63. The predicted octanol–water partition coefficient (Wildman–Crippen LogP) is 4.33. The summed E-state index contributed by atoms with van der Waals surface area (Å²) in [6.07, 6.45) is -0.608. The lowest BCUT2D eigenvalue weighted by atomic mass is 10.0. The Kier molecular flexibility index (Phi) is 4.25. The van der Waals surface area contributed by atoms with E-state index < -0.39 is 12.1 Å². The summed E-state index contributed by atoms with van der Waals surface area (Å²) in [6, 6.07) is 9.36. The van der Waals surface area contributed by atoms with Gasteiger partial charge in [-0.1, -0.05) is 18.2 Å². The minimum absolute atomic E-state index is 0.284.